The smallest absolute Gasteiger partial charge is 0.0654 e. The van der Waals surface area contributed by atoms with Crippen LogP contribution in [0.3, 0.4) is 0 Å². The van der Waals surface area contributed by atoms with Crippen LogP contribution in [0.5, 0.6) is 0 Å². The Kier molecular flexibility index (Phi) is 3.39. The first-order valence-corrected chi connectivity index (χ1v) is 5.83. The molecule has 0 amide bonds. The third-order valence-electron chi connectivity index (χ3n) is 2.85. The highest BCUT2D eigenvalue weighted by Crippen LogP contribution is 2.30. The van der Waals surface area contributed by atoms with Gasteiger partial charge >= 0.3 is 0 Å². The van der Waals surface area contributed by atoms with Crippen LogP contribution in [0, 0.1) is 0 Å². The lowest BCUT2D eigenvalue weighted by Crippen LogP contribution is -2.29. The molecule has 2 nitrogen and oxygen atoms in total. The highest BCUT2D eigenvalue weighted by Gasteiger charge is 2.22. The number of nitrogens with zero attached hydrogens (tertiary/aromatic N) is 1. The van der Waals surface area contributed by atoms with Crippen molar-refractivity contribution in [3.8, 4) is 0 Å². The first kappa shape index (κ1) is 11.1. The first-order valence-electron chi connectivity index (χ1n) is 5.08. The summed E-state index contributed by atoms with van der Waals surface area (Å²) in [5, 5.41) is 4.71. The maximum atomic E-state index is 6.15. The molecule has 1 heterocycles. The van der Waals surface area contributed by atoms with Crippen LogP contribution in [0.25, 0.3) is 0 Å². The van der Waals surface area contributed by atoms with Gasteiger partial charge in [-0.3, -0.25) is 0 Å². The van der Waals surface area contributed by atoms with Gasteiger partial charge in [-0.25, -0.2) is 0 Å². The standard InChI is InChI=1S/C11H14Cl2N2/c1-14-9-4-5-15(7-9)11-3-2-8(12)6-10(11)13/h2-3,6,9,14H,4-5,7H2,1H3. The van der Waals surface area contributed by atoms with Crippen LogP contribution in [-0.2, 0) is 0 Å². The summed E-state index contributed by atoms with van der Waals surface area (Å²) in [6.45, 7) is 2.06. The average Bonchev–Trinajstić information content (AvgIpc) is 2.66. The Labute approximate surface area is 100 Å². The molecule has 1 fully saturated rings. The van der Waals surface area contributed by atoms with E-state index in [4.69, 9.17) is 23.2 Å². The second-order valence-electron chi connectivity index (χ2n) is 3.82. The molecule has 4 heteroatoms. The number of rotatable bonds is 2. The lowest BCUT2D eigenvalue weighted by Gasteiger charge is -2.20. The van der Waals surface area contributed by atoms with E-state index in [2.05, 4.69) is 10.2 Å². The van der Waals surface area contributed by atoms with E-state index >= 15 is 0 Å². The minimum Gasteiger partial charge on any atom is -0.369 e. The predicted octanol–water partition coefficient (Wildman–Crippen LogP) is 2.79. The molecule has 2 rings (SSSR count). The fraction of sp³-hybridized carbons (Fsp3) is 0.455. The van der Waals surface area contributed by atoms with Crippen LogP contribution in [0.2, 0.25) is 10.0 Å². The quantitative estimate of drug-likeness (QED) is 0.861. The number of likely N-dealkylation sites (N-methyl/N-ethyl adjacent to an activating group) is 1. The van der Waals surface area contributed by atoms with E-state index in [1.807, 2.05) is 19.2 Å². The van der Waals surface area contributed by atoms with Gasteiger partial charge in [-0.2, -0.15) is 0 Å². The van der Waals surface area contributed by atoms with E-state index < -0.39 is 0 Å². The fourth-order valence-electron chi connectivity index (χ4n) is 1.95. The molecule has 1 N–H and O–H groups in total. The Morgan fingerprint density at radius 1 is 1.40 bits per heavy atom. The molecule has 0 aromatic heterocycles. The van der Waals surface area contributed by atoms with Crippen molar-refractivity contribution in [3.05, 3.63) is 28.2 Å². The van der Waals surface area contributed by atoms with Crippen molar-refractivity contribution >= 4 is 28.9 Å². The highest BCUT2D eigenvalue weighted by molar-refractivity contribution is 6.36. The largest absolute Gasteiger partial charge is 0.369 e. The van der Waals surface area contributed by atoms with Crippen molar-refractivity contribution in [1.82, 2.24) is 5.32 Å². The lowest BCUT2D eigenvalue weighted by atomic mass is 10.3. The van der Waals surface area contributed by atoms with Gasteiger partial charge < -0.3 is 10.2 Å². The number of hydrogen-bond donors (Lipinski definition) is 1. The van der Waals surface area contributed by atoms with Crippen LogP contribution in [0.15, 0.2) is 18.2 Å². The van der Waals surface area contributed by atoms with Crippen LogP contribution in [0.4, 0.5) is 5.69 Å². The Morgan fingerprint density at radius 3 is 2.80 bits per heavy atom. The minimum absolute atomic E-state index is 0.566. The number of hydrogen-bond acceptors (Lipinski definition) is 2. The van der Waals surface area contributed by atoms with E-state index in [1.54, 1.807) is 6.07 Å². The lowest BCUT2D eigenvalue weighted by molar-refractivity contribution is 0.617. The van der Waals surface area contributed by atoms with Crippen LogP contribution < -0.4 is 10.2 Å². The van der Waals surface area contributed by atoms with E-state index in [9.17, 15) is 0 Å². The van der Waals surface area contributed by atoms with Crippen LogP contribution in [-0.4, -0.2) is 26.2 Å². The summed E-state index contributed by atoms with van der Waals surface area (Å²) >= 11 is 12.0. The molecule has 1 unspecified atom stereocenters. The Balaban J connectivity index is 2.17. The molecule has 82 valence electrons. The van der Waals surface area contributed by atoms with Gasteiger partial charge in [0.05, 0.1) is 10.7 Å². The molecule has 1 aliphatic heterocycles. The fourth-order valence-corrected chi connectivity index (χ4v) is 2.48. The molecule has 0 radical (unpaired) electrons. The third-order valence-corrected chi connectivity index (χ3v) is 3.38. The van der Waals surface area contributed by atoms with Gasteiger partial charge in [0.2, 0.25) is 0 Å². The molecular weight excluding hydrogens is 231 g/mol. The zero-order valence-corrected chi connectivity index (χ0v) is 10.1. The van der Waals surface area contributed by atoms with Gasteiger partial charge in [-0.15, -0.1) is 0 Å². The SMILES string of the molecule is CNC1CCN(c2ccc(Cl)cc2Cl)C1. The minimum atomic E-state index is 0.566. The van der Waals surface area contributed by atoms with Gasteiger partial charge in [0.1, 0.15) is 0 Å². The van der Waals surface area contributed by atoms with Gasteiger partial charge in [0, 0.05) is 24.2 Å². The Hall–Kier alpha value is -0.440. The number of anilines is 1. The molecule has 15 heavy (non-hydrogen) atoms. The van der Waals surface area contributed by atoms with E-state index in [-0.39, 0.29) is 0 Å². The summed E-state index contributed by atoms with van der Waals surface area (Å²) in [4.78, 5) is 2.29. The summed E-state index contributed by atoms with van der Waals surface area (Å²) in [7, 11) is 2.00. The molecule has 0 saturated carbocycles. The highest BCUT2D eigenvalue weighted by atomic mass is 35.5. The van der Waals surface area contributed by atoms with Gasteiger partial charge in [0.25, 0.3) is 0 Å². The Morgan fingerprint density at radius 2 is 2.20 bits per heavy atom. The zero-order chi connectivity index (χ0) is 10.8. The maximum absolute atomic E-state index is 6.15. The molecule has 1 aliphatic rings. The summed E-state index contributed by atoms with van der Waals surface area (Å²) < 4.78 is 0. The van der Waals surface area contributed by atoms with Gasteiger partial charge in [-0.05, 0) is 31.7 Å². The monoisotopic (exact) mass is 244 g/mol. The van der Waals surface area contributed by atoms with Crippen molar-refractivity contribution < 1.29 is 0 Å². The maximum Gasteiger partial charge on any atom is 0.0654 e. The molecule has 1 saturated heterocycles. The molecule has 0 spiro atoms. The van der Waals surface area contributed by atoms with Crippen molar-refractivity contribution in [3.63, 3.8) is 0 Å². The molecule has 1 aromatic carbocycles. The second-order valence-corrected chi connectivity index (χ2v) is 4.66. The summed E-state index contributed by atoms with van der Waals surface area (Å²) in [6, 6.07) is 6.24. The second kappa shape index (κ2) is 4.60. The van der Waals surface area contributed by atoms with E-state index in [1.165, 1.54) is 0 Å². The number of benzene rings is 1. The van der Waals surface area contributed by atoms with E-state index in [0.717, 1.165) is 30.2 Å². The summed E-state index contributed by atoms with van der Waals surface area (Å²) in [6.07, 6.45) is 1.16. The Bertz CT molecular complexity index is 354. The van der Waals surface area contributed by atoms with Crippen molar-refractivity contribution in [1.29, 1.82) is 0 Å². The average molecular weight is 245 g/mol. The predicted molar refractivity (Wildman–Crippen MR) is 66.1 cm³/mol. The van der Waals surface area contributed by atoms with Gasteiger partial charge in [0.15, 0.2) is 0 Å². The van der Waals surface area contributed by atoms with Gasteiger partial charge in [-0.1, -0.05) is 23.2 Å². The third kappa shape index (κ3) is 2.39. The number of nitrogens with one attached hydrogen (secondary N) is 1. The molecule has 1 aromatic rings. The summed E-state index contributed by atoms with van der Waals surface area (Å²) in [5.41, 5.74) is 1.08. The molecule has 0 aliphatic carbocycles. The van der Waals surface area contributed by atoms with Crippen molar-refractivity contribution in [2.45, 2.75) is 12.5 Å². The molecular formula is C11H14Cl2N2. The zero-order valence-electron chi connectivity index (χ0n) is 8.63. The first-order chi connectivity index (χ1) is 7.20. The topological polar surface area (TPSA) is 15.3 Å². The number of halogens is 2. The summed E-state index contributed by atoms with van der Waals surface area (Å²) in [5.74, 6) is 0. The van der Waals surface area contributed by atoms with E-state index in [0.29, 0.717) is 11.1 Å². The molecule has 0 bridgehead atoms. The molecule has 1 atom stereocenters. The van der Waals surface area contributed by atoms with Crippen LogP contribution >= 0.6 is 23.2 Å². The normalized spacial score (nSPS) is 21.0. The van der Waals surface area contributed by atoms with Crippen LogP contribution in [0.1, 0.15) is 6.42 Å². The van der Waals surface area contributed by atoms with Crippen molar-refractivity contribution in [2.24, 2.45) is 0 Å². The van der Waals surface area contributed by atoms with Crippen molar-refractivity contribution in [2.75, 3.05) is 25.0 Å².